The quantitative estimate of drug-likeness (QED) is 0.748. The van der Waals surface area contributed by atoms with Gasteiger partial charge in [-0.3, -0.25) is 4.79 Å². The van der Waals surface area contributed by atoms with Crippen molar-refractivity contribution in [3.63, 3.8) is 0 Å². The van der Waals surface area contributed by atoms with E-state index in [0.717, 1.165) is 0 Å². The Kier molecular flexibility index (Phi) is 2.79. The van der Waals surface area contributed by atoms with E-state index < -0.39 is 11.6 Å². The van der Waals surface area contributed by atoms with Crippen LogP contribution in [0.15, 0.2) is 34.7 Å². The average molecular weight is 239 g/mol. The van der Waals surface area contributed by atoms with E-state index in [4.69, 9.17) is 16.0 Å². The van der Waals surface area contributed by atoms with Gasteiger partial charge in [-0.2, -0.15) is 0 Å². The monoisotopic (exact) mass is 238 g/mol. The molecule has 0 unspecified atom stereocenters. The Labute approximate surface area is 96.6 Å². The molecule has 0 amide bonds. The maximum Gasteiger partial charge on any atom is 0.231 e. The van der Waals surface area contributed by atoms with Gasteiger partial charge in [0.1, 0.15) is 5.76 Å². The lowest BCUT2D eigenvalue weighted by Gasteiger charge is -2.01. The van der Waals surface area contributed by atoms with Crippen LogP contribution in [0, 0.1) is 12.7 Å². The molecule has 0 aliphatic heterocycles. The second-order valence-electron chi connectivity index (χ2n) is 3.34. The standard InChI is InChI=1S/C12H8ClFO2/c1-7-5-6-10(16-7)12(15)8-3-2-4-9(13)11(8)14/h2-6H,1H3. The summed E-state index contributed by atoms with van der Waals surface area (Å²) >= 11 is 5.59. The molecule has 0 aliphatic carbocycles. The minimum atomic E-state index is -0.719. The smallest absolute Gasteiger partial charge is 0.231 e. The lowest BCUT2D eigenvalue weighted by molar-refractivity contribution is 0.100. The Hall–Kier alpha value is -1.61. The number of hydrogen-bond acceptors (Lipinski definition) is 2. The molecule has 2 aromatic rings. The fourth-order valence-corrected chi connectivity index (χ4v) is 1.54. The van der Waals surface area contributed by atoms with Crippen molar-refractivity contribution in [1.82, 2.24) is 0 Å². The van der Waals surface area contributed by atoms with Gasteiger partial charge in [-0.05, 0) is 31.2 Å². The van der Waals surface area contributed by atoms with Crippen LogP contribution < -0.4 is 0 Å². The molecule has 0 fully saturated rings. The van der Waals surface area contributed by atoms with Crippen LogP contribution in [0.2, 0.25) is 5.02 Å². The SMILES string of the molecule is Cc1ccc(C(=O)c2cccc(Cl)c2F)o1. The first-order valence-corrected chi connectivity index (χ1v) is 5.02. The summed E-state index contributed by atoms with van der Waals surface area (Å²) < 4.78 is 18.7. The molecule has 1 aromatic heterocycles. The second kappa shape index (κ2) is 4.10. The number of aryl methyl sites for hydroxylation is 1. The zero-order valence-corrected chi connectivity index (χ0v) is 9.22. The lowest BCUT2D eigenvalue weighted by Crippen LogP contribution is -2.03. The van der Waals surface area contributed by atoms with Gasteiger partial charge >= 0.3 is 0 Å². The molecule has 2 rings (SSSR count). The van der Waals surface area contributed by atoms with Crippen molar-refractivity contribution in [2.45, 2.75) is 6.92 Å². The third-order valence-electron chi connectivity index (χ3n) is 2.16. The molecular weight excluding hydrogens is 231 g/mol. The summed E-state index contributed by atoms with van der Waals surface area (Å²) in [5.41, 5.74) is -0.0816. The highest BCUT2D eigenvalue weighted by atomic mass is 35.5. The third-order valence-corrected chi connectivity index (χ3v) is 2.45. The fraction of sp³-hybridized carbons (Fsp3) is 0.0833. The Morgan fingerprint density at radius 1 is 1.31 bits per heavy atom. The van der Waals surface area contributed by atoms with Crippen LogP contribution in [0.4, 0.5) is 4.39 Å². The number of ketones is 1. The van der Waals surface area contributed by atoms with Crippen molar-refractivity contribution in [2.24, 2.45) is 0 Å². The topological polar surface area (TPSA) is 30.2 Å². The Morgan fingerprint density at radius 3 is 2.69 bits per heavy atom. The summed E-state index contributed by atoms with van der Waals surface area (Å²) in [6.45, 7) is 1.71. The second-order valence-corrected chi connectivity index (χ2v) is 3.75. The predicted molar refractivity (Wildman–Crippen MR) is 58.3 cm³/mol. The van der Waals surface area contributed by atoms with Crippen LogP contribution in [-0.2, 0) is 0 Å². The Morgan fingerprint density at radius 2 is 2.06 bits per heavy atom. The van der Waals surface area contributed by atoms with E-state index in [1.54, 1.807) is 13.0 Å². The van der Waals surface area contributed by atoms with Crippen LogP contribution in [-0.4, -0.2) is 5.78 Å². The van der Waals surface area contributed by atoms with Gasteiger partial charge in [0.2, 0.25) is 5.78 Å². The predicted octanol–water partition coefficient (Wildman–Crippen LogP) is 3.61. The highest BCUT2D eigenvalue weighted by Crippen LogP contribution is 2.21. The molecule has 1 heterocycles. The normalized spacial score (nSPS) is 10.4. The number of benzene rings is 1. The van der Waals surface area contributed by atoms with Crippen LogP contribution in [0.25, 0.3) is 0 Å². The molecule has 0 atom stereocenters. The third kappa shape index (κ3) is 1.86. The van der Waals surface area contributed by atoms with Crippen LogP contribution in [0.3, 0.4) is 0 Å². The summed E-state index contributed by atoms with van der Waals surface area (Å²) in [6, 6.07) is 7.45. The van der Waals surface area contributed by atoms with Gasteiger partial charge in [0.05, 0.1) is 10.6 Å². The van der Waals surface area contributed by atoms with Gasteiger partial charge in [-0.25, -0.2) is 4.39 Å². The van der Waals surface area contributed by atoms with Crippen molar-refractivity contribution in [3.05, 3.63) is 58.3 Å². The largest absolute Gasteiger partial charge is 0.458 e. The molecule has 0 radical (unpaired) electrons. The molecule has 82 valence electrons. The summed E-state index contributed by atoms with van der Waals surface area (Å²) in [5.74, 6) is -0.513. The average Bonchev–Trinajstić information content (AvgIpc) is 2.68. The van der Waals surface area contributed by atoms with E-state index in [0.29, 0.717) is 5.76 Å². The summed E-state index contributed by atoms with van der Waals surface area (Å²) in [5, 5.41) is -0.0749. The highest BCUT2D eigenvalue weighted by molar-refractivity contribution is 6.31. The van der Waals surface area contributed by atoms with Gasteiger partial charge in [0, 0.05) is 0 Å². The molecule has 0 saturated heterocycles. The Balaban J connectivity index is 2.45. The first-order chi connectivity index (χ1) is 7.59. The number of carbonyl (C=O) groups is 1. The van der Waals surface area contributed by atoms with Crippen molar-refractivity contribution in [3.8, 4) is 0 Å². The number of furan rings is 1. The fourth-order valence-electron chi connectivity index (χ4n) is 1.37. The molecule has 4 heteroatoms. The molecule has 2 nitrogen and oxygen atoms in total. The number of carbonyl (C=O) groups excluding carboxylic acids is 1. The minimum absolute atomic E-state index is 0.0749. The maximum atomic E-state index is 13.6. The molecular formula is C12H8ClFO2. The Bertz CT molecular complexity index is 546. The van der Waals surface area contributed by atoms with Gasteiger partial charge in [0.25, 0.3) is 0 Å². The first kappa shape index (κ1) is 10.9. The molecule has 0 spiro atoms. The molecule has 1 aromatic carbocycles. The van der Waals surface area contributed by atoms with E-state index in [9.17, 15) is 9.18 Å². The van der Waals surface area contributed by atoms with E-state index in [2.05, 4.69) is 0 Å². The molecule has 0 bridgehead atoms. The first-order valence-electron chi connectivity index (χ1n) is 4.65. The van der Waals surface area contributed by atoms with Gasteiger partial charge in [-0.15, -0.1) is 0 Å². The lowest BCUT2D eigenvalue weighted by atomic mass is 10.1. The van der Waals surface area contributed by atoms with Crippen LogP contribution in [0.5, 0.6) is 0 Å². The van der Waals surface area contributed by atoms with Gasteiger partial charge in [0.15, 0.2) is 11.6 Å². The minimum Gasteiger partial charge on any atom is -0.458 e. The van der Waals surface area contributed by atoms with Gasteiger partial charge < -0.3 is 4.42 Å². The van der Waals surface area contributed by atoms with E-state index in [1.807, 2.05) is 0 Å². The van der Waals surface area contributed by atoms with E-state index in [1.165, 1.54) is 24.3 Å². The van der Waals surface area contributed by atoms with Crippen molar-refractivity contribution >= 4 is 17.4 Å². The summed E-state index contributed by atoms with van der Waals surface area (Å²) in [6.07, 6.45) is 0. The number of halogens is 2. The zero-order chi connectivity index (χ0) is 11.7. The van der Waals surface area contributed by atoms with Crippen molar-refractivity contribution in [2.75, 3.05) is 0 Å². The van der Waals surface area contributed by atoms with Crippen molar-refractivity contribution < 1.29 is 13.6 Å². The van der Waals surface area contributed by atoms with Crippen LogP contribution in [0.1, 0.15) is 21.9 Å². The summed E-state index contributed by atoms with van der Waals surface area (Å²) in [7, 11) is 0. The van der Waals surface area contributed by atoms with Crippen molar-refractivity contribution in [1.29, 1.82) is 0 Å². The molecule has 16 heavy (non-hydrogen) atoms. The number of hydrogen-bond donors (Lipinski definition) is 0. The maximum absolute atomic E-state index is 13.6. The summed E-state index contributed by atoms with van der Waals surface area (Å²) in [4.78, 5) is 11.8. The molecule has 0 aliphatic rings. The zero-order valence-electron chi connectivity index (χ0n) is 8.46. The number of rotatable bonds is 2. The highest BCUT2D eigenvalue weighted by Gasteiger charge is 2.18. The van der Waals surface area contributed by atoms with E-state index in [-0.39, 0.29) is 16.3 Å². The molecule has 0 N–H and O–H groups in total. The van der Waals surface area contributed by atoms with E-state index >= 15 is 0 Å². The molecule has 0 saturated carbocycles. The van der Waals surface area contributed by atoms with Gasteiger partial charge in [-0.1, -0.05) is 17.7 Å². The van der Waals surface area contributed by atoms with Crippen LogP contribution >= 0.6 is 11.6 Å².